The Morgan fingerprint density at radius 1 is 0.759 bits per heavy atom. The van der Waals surface area contributed by atoms with Crippen molar-refractivity contribution in [1.29, 1.82) is 0 Å². The quantitative estimate of drug-likeness (QED) is 0.164. The van der Waals surface area contributed by atoms with Crippen LogP contribution in [0.5, 0.6) is 11.5 Å². The normalized spacial score (nSPS) is 11.2. The SMILES string of the molecule is CCCCCCCCCCCCCCCCOC(=O)C=Cc1cc(O)cc(O)c1. The van der Waals surface area contributed by atoms with Gasteiger partial charge in [0.2, 0.25) is 0 Å². The highest BCUT2D eigenvalue weighted by atomic mass is 16.5. The number of phenols is 2. The average molecular weight is 405 g/mol. The van der Waals surface area contributed by atoms with Crippen molar-refractivity contribution in [2.45, 2.75) is 96.8 Å². The van der Waals surface area contributed by atoms with E-state index in [4.69, 9.17) is 4.74 Å². The predicted molar refractivity (Wildman–Crippen MR) is 120 cm³/mol. The molecule has 0 saturated carbocycles. The van der Waals surface area contributed by atoms with Crippen LogP contribution in [0.25, 0.3) is 6.08 Å². The smallest absolute Gasteiger partial charge is 0.330 e. The molecule has 164 valence electrons. The standard InChI is InChI=1S/C25H40O4/c1-2-3-4-5-6-7-8-9-10-11-12-13-14-15-18-29-25(28)17-16-22-19-23(26)21-24(27)20-22/h16-17,19-21,26-27H,2-15,18H2,1H3. The summed E-state index contributed by atoms with van der Waals surface area (Å²) in [4.78, 5) is 11.7. The van der Waals surface area contributed by atoms with E-state index < -0.39 is 5.97 Å². The van der Waals surface area contributed by atoms with Crippen LogP contribution < -0.4 is 0 Å². The molecule has 0 atom stereocenters. The minimum atomic E-state index is -0.400. The Bertz CT molecular complexity index is 560. The number of unbranched alkanes of at least 4 members (excludes halogenated alkanes) is 13. The topological polar surface area (TPSA) is 66.8 Å². The molecule has 1 rings (SSSR count). The number of esters is 1. The Morgan fingerprint density at radius 2 is 1.21 bits per heavy atom. The fourth-order valence-corrected chi connectivity index (χ4v) is 3.40. The van der Waals surface area contributed by atoms with Gasteiger partial charge in [-0.3, -0.25) is 0 Å². The number of hydrogen-bond acceptors (Lipinski definition) is 4. The summed E-state index contributed by atoms with van der Waals surface area (Å²) in [5.41, 5.74) is 0.552. The van der Waals surface area contributed by atoms with Crippen LogP contribution in [0.1, 0.15) is 102 Å². The van der Waals surface area contributed by atoms with Gasteiger partial charge in [-0.2, -0.15) is 0 Å². The molecule has 0 fully saturated rings. The summed E-state index contributed by atoms with van der Waals surface area (Å²) in [6, 6.07) is 4.18. The maximum atomic E-state index is 11.7. The lowest BCUT2D eigenvalue weighted by molar-refractivity contribution is -0.137. The fraction of sp³-hybridized carbons (Fsp3) is 0.640. The van der Waals surface area contributed by atoms with Crippen LogP contribution in [0, 0.1) is 0 Å². The fourth-order valence-electron chi connectivity index (χ4n) is 3.40. The van der Waals surface area contributed by atoms with Gasteiger partial charge in [-0.25, -0.2) is 4.79 Å². The van der Waals surface area contributed by atoms with Crippen molar-refractivity contribution in [2.24, 2.45) is 0 Å². The van der Waals surface area contributed by atoms with E-state index in [1.54, 1.807) is 0 Å². The first-order valence-corrected chi connectivity index (χ1v) is 11.5. The van der Waals surface area contributed by atoms with Crippen molar-refractivity contribution < 1.29 is 19.7 Å². The molecule has 0 saturated heterocycles. The van der Waals surface area contributed by atoms with Crippen LogP contribution in [-0.4, -0.2) is 22.8 Å². The first-order valence-electron chi connectivity index (χ1n) is 11.5. The molecule has 0 heterocycles. The molecular weight excluding hydrogens is 364 g/mol. The second-order valence-corrected chi connectivity index (χ2v) is 7.88. The molecule has 0 unspecified atom stereocenters. The van der Waals surface area contributed by atoms with E-state index in [0.717, 1.165) is 12.8 Å². The average Bonchev–Trinajstić information content (AvgIpc) is 2.68. The van der Waals surface area contributed by atoms with E-state index in [1.807, 2.05) is 0 Å². The second-order valence-electron chi connectivity index (χ2n) is 7.88. The van der Waals surface area contributed by atoms with Gasteiger partial charge in [0.25, 0.3) is 0 Å². The molecule has 0 bridgehead atoms. The lowest BCUT2D eigenvalue weighted by Crippen LogP contribution is -2.02. The van der Waals surface area contributed by atoms with Crippen LogP contribution in [0.4, 0.5) is 0 Å². The van der Waals surface area contributed by atoms with Crippen molar-refractivity contribution in [1.82, 2.24) is 0 Å². The number of aromatic hydroxyl groups is 2. The Hall–Kier alpha value is -1.97. The Kier molecular flexibility index (Phi) is 14.6. The van der Waals surface area contributed by atoms with Crippen LogP contribution in [0.2, 0.25) is 0 Å². The summed E-state index contributed by atoms with van der Waals surface area (Å²) in [5, 5.41) is 18.8. The number of phenolic OH excluding ortho intramolecular Hbond substituents is 2. The summed E-state index contributed by atoms with van der Waals surface area (Å²) in [6.07, 6.45) is 21.0. The molecule has 0 spiro atoms. The lowest BCUT2D eigenvalue weighted by atomic mass is 10.0. The zero-order chi connectivity index (χ0) is 21.2. The molecular formula is C25H40O4. The number of carbonyl (C=O) groups is 1. The summed E-state index contributed by atoms with van der Waals surface area (Å²) in [7, 11) is 0. The summed E-state index contributed by atoms with van der Waals surface area (Å²) in [5.74, 6) is -0.483. The van der Waals surface area contributed by atoms with Gasteiger partial charge in [-0.1, -0.05) is 90.4 Å². The Morgan fingerprint density at radius 3 is 1.69 bits per heavy atom. The van der Waals surface area contributed by atoms with Crippen molar-refractivity contribution >= 4 is 12.0 Å². The summed E-state index contributed by atoms with van der Waals surface area (Å²) < 4.78 is 5.18. The van der Waals surface area contributed by atoms with Gasteiger partial charge in [0.1, 0.15) is 11.5 Å². The molecule has 2 N–H and O–H groups in total. The highest BCUT2D eigenvalue weighted by Crippen LogP contribution is 2.21. The predicted octanol–water partition coefficient (Wildman–Crippen LogP) is 7.14. The van der Waals surface area contributed by atoms with Gasteiger partial charge in [-0.05, 0) is 30.2 Å². The van der Waals surface area contributed by atoms with Gasteiger partial charge < -0.3 is 14.9 Å². The third kappa shape index (κ3) is 14.7. The van der Waals surface area contributed by atoms with Gasteiger partial charge >= 0.3 is 5.97 Å². The highest BCUT2D eigenvalue weighted by Gasteiger charge is 2.00. The largest absolute Gasteiger partial charge is 0.508 e. The van der Waals surface area contributed by atoms with Gasteiger partial charge in [-0.15, -0.1) is 0 Å². The third-order valence-corrected chi connectivity index (χ3v) is 5.08. The first kappa shape index (κ1) is 25.1. The lowest BCUT2D eigenvalue weighted by Gasteiger charge is -2.04. The van der Waals surface area contributed by atoms with Crippen molar-refractivity contribution in [3.05, 3.63) is 29.8 Å². The van der Waals surface area contributed by atoms with Crippen LogP contribution >= 0.6 is 0 Å². The molecule has 29 heavy (non-hydrogen) atoms. The zero-order valence-corrected chi connectivity index (χ0v) is 18.2. The first-order chi connectivity index (χ1) is 14.1. The number of rotatable bonds is 17. The summed E-state index contributed by atoms with van der Waals surface area (Å²) in [6.45, 7) is 2.70. The van der Waals surface area contributed by atoms with Crippen molar-refractivity contribution in [2.75, 3.05) is 6.61 Å². The van der Waals surface area contributed by atoms with E-state index in [2.05, 4.69) is 6.92 Å². The van der Waals surface area contributed by atoms with Crippen LogP contribution in [0.15, 0.2) is 24.3 Å². The van der Waals surface area contributed by atoms with Crippen molar-refractivity contribution in [3.8, 4) is 11.5 Å². The summed E-state index contributed by atoms with van der Waals surface area (Å²) >= 11 is 0. The Labute approximate surface area is 177 Å². The minimum Gasteiger partial charge on any atom is -0.508 e. The molecule has 4 nitrogen and oxygen atoms in total. The van der Waals surface area contributed by atoms with E-state index in [1.165, 1.54) is 107 Å². The molecule has 0 aliphatic rings. The van der Waals surface area contributed by atoms with Crippen LogP contribution in [0.3, 0.4) is 0 Å². The monoisotopic (exact) mass is 404 g/mol. The molecule has 0 aromatic heterocycles. The maximum absolute atomic E-state index is 11.7. The van der Waals surface area contributed by atoms with Crippen LogP contribution in [-0.2, 0) is 9.53 Å². The number of ether oxygens (including phenoxy) is 1. The molecule has 4 heteroatoms. The van der Waals surface area contributed by atoms with Gasteiger partial charge in [0.15, 0.2) is 0 Å². The van der Waals surface area contributed by atoms with E-state index in [-0.39, 0.29) is 11.5 Å². The van der Waals surface area contributed by atoms with Crippen molar-refractivity contribution in [3.63, 3.8) is 0 Å². The van der Waals surface area contributed by atoms with Gasteiger partial charge in [0.05, 0.1) is 6.61 Å². The molecule has 0 amide bonds. The number of carbonyl (C=O) groups excluding carboxylic acids is 1. The maximum Gasteiger partial charge on any atom is 0.330 e. The molecule has 0 radical (unpaired) electrons. The second kappa shape index (κ2) is 16.9. The van der Waals surface area contributed by atoms with Gasteiger partial charge in [0, 0.05) is 12.1 Å². The molecule has 1 aromatic rings. The van der Waals surface area contributed by atoms with E-state index in [9.17, 15) is 15.0 Å². The van der Waals surface area contributed by atoms with E-state index in [0.29, 0.717) is 12.2 Å². The minimum absolute atomic E-state index is 0.0413. The number of hydrogen-bond donors (Lipinski definition) is 2. The molecule has 1 aromatic carbocycles. The Balaban J connectivity index is 1.90. The number of benzene rings is 1. The molecule has 0 aliphatic carbocycles. The highest BCUT2D eigenvalue weighted by molar-refractivity contribution is 5.87. The molecule has 0 aliphatic heterocycles. The zero-order valence-electron chi connectivity index (χ0n) is 18.2. The van der Waals surface area contributed by atoms with E-state index >= 15 is 0 Å². The third-order valence-electron chi connectivity index (χ3n) is 5.08.